The number of rotatable bonds is 8. The third kappa shape index (κ3) is 7.93. The van der Waals surface area contributed by atoms with Gasteiger partial charge in [-0.15, -0.1) is 20.4 Å². The smallest absolute Gasteiger partial charge is 0.259 e. The fraction of sp³-hybridized carbons (Fsp3) is 0.148. The van der Waals surface area contributed by atoms with Crippen molar-refractivity contribution in [3.63, 3.8) is 0 Å². The number of carbonyl (C=O) groups excluding carboxylic acids is 1. The van der Waals surface area contributed by atoms with Crippen molar-refractivity contribution in [2.75, 3.05) is 14.2 Å². The maximum Gasteiger partial charge on any atom is 0.259 e. The van der Waals surface area contributed by atoms with E-state index in [4.69, 9.17) is 19.7 Å². The van der Waals surface area contributed by atoms with Gasteiger partial charge in [-0.1, -0.05) is 0 Å². The molecule has 0 unspecified atom stereocenters. The van der Waals surface area contributed by atoms with Gasteiger partial charge in [0.2, 0.25) is 12.3 Å². The average molecular weight is 557 g/mol. The summed E-state index contributed by atoms with van der Waals surface area (Å²) in [6.45, 7) is 3.97. The molecule has 14 heteroatoms. The van der Waals surface area contributed by atoms with Crippen LogP contribution in [0.4, 0.5) is 0 Å². The van der Waals surface area contributed by atoms with E-state index >= 15 is 0 Å². The molecular formula is C27H28N10O4. The number of methoxy groups -OCH3 is 2. The first-order valence-electron chi connectivity index (χ1n) is 12.1. The number of amides is 1. The Morgan fingerprint density at radius 3 is 1.93 bits per heavy atom. The lowest BCUT2D eigenvalue weighted by Gasteiger charge is -2.03. The number of aryl methyl sites for hydroxylation is 2. The topological polar surface area (TPSA) is 174 Å². The highest BCUT2D eigenvalue weighted by Crippen LogP contribution is 2.24. The van der Waals surface area contributed by atoms with Gasteiger partial charge in [0.15, 0.2) is 11.6 Å². The van der Waals surface area contributed by atoms with E-state index in [1.165, 1.54) is 29.7 Å². The van der Waals surface area contributed by atoms with E-state index in [1.807, 2.05) is 55.7 Å². The normalized spacial score (nSPS) is 11.0. The van der Waals surface area contributed by atoms with Crippen molar-refractivity contribution in [1.82, 2.24) is 45.2 Å². The van der Waals surface area contributed by atoms with Crippen LogP contribution in [0.25, 0.3) is 41.3 Å². The zero-order chi connectivity index (χ0) is 29.2. The zero-order valence-electron chi connectivity index (χ0n) is 22.8. The number of hydrazine groups is 1. The lowest BCUT2D eigenvalue weighted by Crippen LogP contribution is -2.28. The van der Waals surface area contributed by atoms with E-state index in [2.05, 4.69) is 30.4 Å². The molecule has 3 aromatic heterocycles. The minimum Gasteiger partial charge on any atom is -0.497 e. The molecule has 3 heterocycles. The highest BCUT2D eigenvalue weighted by Gasteiger charge is 2.07. The van der Waals surface area contributed by atoms with Crippen LogP contribution in [0, 0.1) is 13.8 Å². The standard InChI is InChI=1S/C14H13N5O2.C13H15N5O2/c1-10-5-11(7-12(6-10)20-2)14-15-8-19(18-14)4-3-13-17-16-9-21-13;1-9-5-10(7-11(6-9)20-2)13-15-8-18(17-13)4-3-12(19)16-14/h3-9H,1-2H3;3-8H,14H2,1-2H3,(H,16,19)/b2*4-3-. The molecule has 0 fully saturated rings. The summed E-state index contributed by atoms with van der Waals surface area (Å²) in [4.78, 5) is 19.5. The fourth-order valence-electron chi connectivity index (χ4n) is 3.53. The molecule has 3 N–H and O–H groups in total. The summed E-state index contributed by atoms with van der Waals surface area (Å²) >= 11 is 0. The van der Waals surface area contributed by atoms with Crippen LogP contribution in [0.2, 0.25) is 0 Å². The molecule has 0 saturated heterocycles. The van der Waals surface area contributed by atoms with Gasteiger partial charge in [0, 0.05) is 35.7 Å². The van der Waals surface area contributed by atoms with Gasteiger partial charge in [0.1, 0.15) is 24.2 Å². The molecule has 14 nitrogen and oxygen atoms in total. The number of benzene rings is 2. The summed E-state index contributed by atoms with van der Waals surface area (Å²) < 4.78 is 18.5. The van der Waals surface area contributed by atoms with Crippen molar-refractivity contribution in [3.05, 3.63) is 78.5 Å². The Morgan fingerprint density at radius 2 is 1.44 bits per heavy atom. The number of aromatic nitrogens is 8. The van der Waals surface area contributed by atoms with Crippen LogP contribution < -0.4 is 20.7 Å². The van der Waals surface area contributed by atoms with Gasteiger partial charge in [-0.2, -0.15) is 0 Å². The van der Waals surface area contributed by atoms with E-state index < -0.39 is 5.91 Å². The molecule has 1 amide bonds. The minimum atomic E-state index is -0.417. The summed E-state index contributed by atoms with van der Waals surface area (Å²) in [5.74, 6) is 7.65. The summed E-state index contributed by atoms with van der Waals surface area (Å²) in [7, 11) is 3.25. The molecule has 0 saturated carbocycles. The summed E-state index contributed by atoms with van der Waals surface area (Å²) in [5, 5.41) is 16.0. The molecule has 210 valence electrons. The van der Waals surface area contributed by atoms with E-state index in [-0.39, 0.29) is 0 Å². The first kappa shape index (κ1) is 28.4. The van der Waals surface area contributed by atoms with Gasteiger partial charge in [0.05, 0.1) is 14.2 Å². The predicted octanol–water partition coefficient (Wildman–Crippen LogP) is 3.00. The van der Waals surface area contributed by atoms with Crippen LogP contribution in [-0.2, 0) is 4.79 Å². The van der Waals surface area contributed by atoms with Crippen LogP contribution in [-0.4, -0.2) is 59.9 Å². The van der Waals surface area contributed by atoms with E-state index in [9.17, 15) is 4.79 Å². The molecule has 0 atom stereocenters. The molecule has 41 heavy (non-hydrogen) atoms. The highest BCUT2D eigenvalue weighted by molar-refractivity contribution is 5.89. The number of carbonyl (C=O) groups is 1. The Morgan fingerprint density at radius 1 is 0.878 bits per heavy atom. The molecule has 2 aromatic carbocycles. The van der Waals surface area contributed by atoms with Crippen LogP contribution in [0.1, 0.15) is 17.0 Å². The maximum atomic E-state index is 11.0. The lowest BCUT2D eigenvalue weighted by molar-refractivity contribution is -0.116. The summed E-state index contributed by atoms with van der Waals surface area (Å²) in [5.41, 5.74) is 5.87. The van der Waals surface area contributed by atoms with Crippen LogP contribution >= 0.6 is 0 Å². The van der Waals surface area contributed by atoms with Crippen molar-refractivity contribution in [2.45, 2.75) is 13.8 Å². The maximum absolute atomic E-state index is 11.0. The molecule has 0 bridgehead atoms. The molecule has 0 aliphatic rings. The molecule has 5 aromatic rings. The third-order valence-corrected chi connectivity index (χ3v) is 5.37. The largest absolute Gasteiger partial charge is 0.497 e. The van der Waals surface area contributed by atoms with Crippen LogP contribution in [0.3, 0.4) is 0 Å². The molecule has 0 aliphatic heterocycles. The molecule has 5 rings (SSSR count). The molecule has 0 spiro atoms. The average Bonchev–Trinajstić information content (AvgIpc) is 3.77. The van der Waals surface area contributed by atoms with Gasteiger partial charge in [0.25, 0.3) is 5.91 Å². The number of nitrogens with two attached hydrogens (primary N) is 1. The van der Waals surface area contributed by atoms with Gasteiger partial charge < -0.3 is 13.9 Å². The number of hydrogen-bond acceptors (Lipinski definition) is 11. The second-order valence-electron chi connectivity index (χ2n) is 8.49. The Bertz CT molecular complexity index is 1650. The third-order valence-electron chi connectivity index (χ3n) is 5.37. The Kier molecular flexibility index (Phi) is 9.30. The first-order chi connectivity index (χ1) is 19.9. The monoisotopic (exact) mass is 556 g/mol. The van der Waals surface area contributed by atoms with Crippen molar-refractivity contribution >= 4 is 24.4 Å². The highest BCUT2D eigenvalue weighted by atomic mass is 16.5. The van der Waals surface area contributed by atoms with Crippen molar-refractivity contribution in [2.24, 2.45) is 5.84 Å². The second-order valence-corrected chi connectivity index (χ2v) is 8.49. The summed E-state index contributed by atoms with van der Waals surface area (Å²) in [6.07, 6.45) is 10.5. The van der Waals surface area contributed by atoms with Gasteiger partial charge in [-0.05, 0) is 61.4 Å². The van der Waals surface area contributed by atoms with Gasteiger partial charge >= 0.3 is 0 Å². The SMILES string of the molecule is COc1cc(C)cc(-c2ncn(/C=C\C(=O)NN)n2)c1.COc1cc(C)cc(-c2ncn(/C=C\c3nnco3)n2)c1. The molecule has 0 radical (unpaired) electrons. The lowest BCUT2D eigenvalue weighted by atomic mass is 10.1. The second kappa shape index (κ2) is 13.4. The van der Waals surface area contributed by atoms with E-state index in [0.717, 1.165) is 33.8 Å². The Labute approximate surface area is 235 Å². The van der Waals surface area contributed by atoms with E-state index in [0.29, 0.717) is 17.5 Å². The number of nitrogens with zero attached hydrogens (tertiary/aromatic N) is 8. The summed E-state index contributed by atoms with van der Waals surface area (Å²) in [6, 6.07) is 11.6. The van der Waals surface area contributed by atoms with Crippen molar-refractivity contribution in [3.8, 4) is 34.3 Å². The van der Waals surface area contributed by atoms with E-state index in [1.54, 1.807) is 37.5 Å². The molecule has 0 aliphatic carbocycles. The number of ether oxygens (including phenoxy) is 2. The Hall–Kier alpha value is -5.63. The number of nitrogens with one attached hydrogen (secondary N) is 1. The first-order valence-corrected chi connectivity index (χ1v) is 12.1. The Balaban J connectivity index is 0.000000189. The predicted molar refractivity (Wildman–Crippen MR) is 151 cm³/mol. The van der Waals surface area contributed by atoms with Gasteiger partial charge in [-0.25, -0.2) is 25.2 Å². The van der Waals surface area contributed by atoms with Crippen LogP contribution in [0.5, 0.6) is 11.5 Å². The molecular weight excluding hydrogens is 528 g/mol. The van der Waals surface area contributed by atoms with Gasteiger partial charge in [-0.3, -0.25) is 10.2 Å². The van der Waals surface area contributed by atoms with Crippen LogP contribution in [0.15, 0.2) is 65.9 Å². The minimum absolute atomic E-state index is 0.407. The van der Waals surface area contributed by atoms with Crippen molar-refractivity contribution < 1.29 is 18.7 Å². The zero-order valence-corrected chi connectivity index (χ0v) is 22.8. The number of hydrogen-bond donors (Lipinski definition) is 2. The van der Waals surface area contributed by atoms with Crippen molar-refractivity contribution in [1.29, 1.82) is 0 Å². The quantitative estimate of drug-likeness (QED) is 0.124. The fourth-order valence-corrected chi connectivity index (χ4v) is 3.53.